The van der Waals surface area contributed by atoms with Gasteiger partial charge in [0.05, 0.1) is 0 Å². The largest absolute Gasteiger partial charge is 0.300 e. The Labute approximate surface area is 91.5 Å². The van der Waals surface area contributed by atoms with E-state index in [-0.39, 0.29) is 0 Å². The van der Waals surface area contributed by atoms with E-state index in [1.54, 1.807) is 0 Å². The summed E-state index contributed by atoms with van der Waals surface area (Å²) in [6.07, 6.45) is 3.79. The first kappa shape index (κ1) is 10.4. The summed E-state index contributed by atoms with van der Waals surface area (Å²) in [5, 5.41) is 0. The van der Waals surface area contributed by atoms with E-state index >= 15 is 0 Å². The van der Waals surface area contributed by atoms with Gasteiger partial charge in [-0.15, -0.1) is 0 Å². The Kier molecular flexibility index (Phi) is 2.90. The standard InChI is InChI=1S/C14H18O/c1-10-5-3-6-11(2)14(10)12-7-4-8-13(15)9-12/h3,5-6,12H,4,7-9H2,1-2H3/t12-/m1/s1. The first-order valence-electron chi connectivity index (χ1n) is 5.76. The van der Waals surface area contributed by atoms with Gasteiger partial charge in [0.25, 0.3) is 0 Å². The summed E-state index contributed by atoms with van der Waals surface area (Å²) in [5.74, 6) is 0.918. The van der Waals surface area contributed by atoms with Crippen molar-refractivity contribution in [1.82, 2.24) is 0 Å². The highest BCUT2D eigenvalue weighted by molar-refractivity contribution is 5.80. The Morgan fingerprint density at radius 2 is 1.87 bits per heavy atom. The molecule has 1 heteroatoms. The Hall–Kier alpha value is -1.11. The van der Waals surface area contributed by atoms with Crippen LogP contribution in [0.5, 0.6) is 0 Å². The second-order valence-corrected chi connectivity index (χ2v) is 4.64. The van der Waals surface area contributed by atoms with Crippen molar-refractivity contribution < 1.29 is 4.79 Å². The summed E-state index contributed by atoms with van der Waals surface area (Å²) in [6, 6.07) is 6.40. The normalized spacial score (nSPS) is 21.7. The number of hydrogen-bond acceptors (Lipinski definition) is 1. The summed E-state index contributed by atoms with van der Waals surface area (Å²) in [7, 11) is 0. The predicted molar refractivity (Wildman–Crippen MR) is 62.1 cm³/mol. The molecule has 2 rings (SSSR count). The molecule has 1 aliphatic carbocycles. The maximum atomic E-state index is 11.5. The smallest absolute Gasteiger partial charge is 0.133 e. The van der Waals surface area contributed by atoms with Crippen molar-refractivity contribution in [3.05, 3.63) is 34.9 Å². The lowest BCUT2D eigenvalue weighted by atomic mass is 9.80. The van der Waals surface area contributed by atoms with Crippen LogP contribution in [0, 0.1) is 13.8 Å². The molecule has 15 heavy (non-hydrogen) atoms. The third kappa shape index (κ3) is 2.11. The van der Waals surface area contributed by atoms with Crippen molar-refractivity contribution in [2.45, 2.75) is 45.4 Å². The number of hydrogen-bond donors (Lipinski definition) is 0. The van der Waals surface area contributed by atoms with Crippen molar-refractivity contribution in [3.8, 4) is 0 Å². The molecular formula is C14H18O. The Morgan fingerprint density at radius 3 is 2.47 bits per heavy atom. The summed E-state index contributed by atoms with van der Waals surface area (Å²) in [5.41, 5.74) is 4.11. The van der Waals surface area contributed by atoms with Gasteiger partial charge in [0.1, 0.15) is 5.78 Å². The number of carbonyl (C=O) groups is 1. The molecule has 1 fully saturated rings. The van der Waals surface area contributed by atoms with Crippen LogP contribution in [0.25, 0.3) is 0 Å². The minimum absolute atomic E-state index is 0.439. The number of aryl methyl sites for hydroxylation is 2. The molecule has 1 aromatic carbocycles. The molecule has 1 aromatic rings. The maximum absolute atomic E-state index is 11.5. The van der Waals surface area contributed by atoms with Crippen LogP contribution in [0.4, 0.5) is 0 Å². The zero-order valence-corrected chi connectivity index (χ0v) is 9.55. The van der Waals surface area contributed by atoms with Crippen LogP contribution in [-0.2, 0) is 4.79 Å². The van der Waals surface area contributed by atoms with Crippen LogP contribution in [0.3, 0.4) is 0 Å². The van der Waals surface area contributed by atoms with Crippen LogP contribution in [0.2, 0.25) is 0 Å². The molecule has 1 saturated carbocycles. The third-order valence-electron chi connectivity index (χ3n) is 3.43. The minimum atomic E-state index is 0.439. The van der Waals surface area contributed by atoms with Crippen LogP contribution < -0.4 is 0 Å². The van der Waals surface area contributed by atoms with Crippen molar-refractivity contribution >= 4 is 5.78 Å². The van der Waals surface area contributed by atoms with Gasteiger partial charge in [0, 0.05) is 12.8 Å². The van der Waals surface area contributed by atoms with Gasteiger partial charge in [-0.1, -0.05) is 18.2 Å². The van der Waals surface area contributed by atoms with Gasteiger partial charge in [-0.05, 0) is 49.3 Å². The van der Waals surface area contributed by atoms with Crippen LogP contribution in [-0.4, -0.2) is 5.78 Å². The van der Waals surface area contributed by atoms with Crippen LogP contribution in [0.1, 0.15) is 48.3 Å². The van der Waals surface area contributed by atoms with E-state index in [1.807, 2.05) is 0 Å². The van der Waals surface area contributed by atoms with Gasteiger partial charge in [-0.25, -0.2) is 0 Å². The molecule has 0 aromatic heterocycles. The van der Waals surface area contributed by atoms with Gasteiger partial charge < -0.3 is 0 Å². The fraction of sp³-hybridized carbons (Fsp3) is 0.500. The highest BCUT2D eigenvalue weighted by Crippen LogP contribution is 2.34. The molecule has 0 N–H and O–H groups in total. The summed E-state index contributed by atoms with van der Waals surface area (Å²) in [4.78, 5) is 11.5. The van der Waals surface area contributed by atoms with E-state index in [0.717, 1.165) is 19.3 Å². The molecule has 1 atom stereocenters. The molecule has 0 spiro atoms. The van der Waals surface area contributed by atoms with Crippen molar-refractivity contribution in [2.75, 3.05) is 0 Å². The van der Waals surface area contributed by atoms with E-state index in [9.17, 15) is 4.79 Å². The Bertz CT molecular complexity index is 359. The lowest BCUT2D eigenvalue weighted by Gasteiger charge is -2.24. The van der Waals surface area contributed by atoms with Gasteiger partial charge >= 0.3 is 0 Å². The number of rotatable bonds is 1. The SMILES string of the molecule is Cc1cccc(C)c1[C@@H]1CCCC(=O)C1. The highest BCUT2D eigenvalue weighted by Gasteiger charge is 2.23. The van der Waals surface area contributed by atoms with E-state index in [4.69, 9.17) is 0 Å². The third-order valence-corrected chi connectivity index (χ3v) is 3.43. The monoisotopic (exact) mass is 202 g/mol. The summed E-state index contributed by atoms with van der Waals surface area (Å²) in [6.45, 7) is 4.31. The van der Waals surface area contributed by atoms with Crippen molar-refractivity contribution in [3.63, 3.8) is 0 Å². The Balaban J connectivity index is 2.32. The van der Waals surface area contributed by atoms with Crippen molar-refractivity contribution in [2.24, 2.45) is 0 Å². The molecule has 1 nitrogen and oxygen atoms in total. The zero-order chi connectivity index (χ0) is 10.8. The predicted octanol–water partition coefficient (Wildman–Crippen LogP) is 3.53. The number of ketones is 1. The molecule has 1 aliphatic rings. The average Bonchev–Trinajstić information content (AvgIpc) is 2.17. The minimum Gasteiger partial charge on any atom is -0.300 e. The lowest BCUT2D eigenvalue weighted by molar-refractivity contribution is -0.120. The number of Topliss-reactive ketones (excluding diaryl/α,β-unsaturated/α-hetero) is 1. The van der Waals surface area contributed by atoms with Crippen LogP contribution in [0.15, 0.2) is 18.2 Å². The molecule has 0 saturated heterocycles. The van der Waals surface area contributed by atoms with Gasteiger partial charge in [-0.2, -0.15) is 0 Å². The highest BCUT2D eigenvalue weighted by atomic mass is 16.1. The van der Waals surface area contributed by atoms with Crippen LogP contribution >= 0.6 is 0 Å². The van der Waals surface area contributed by atoms with Gasteiger partial charge in [0.2, 0.25) is 0 Å². The molecule has 80 valence electrons. The fourth-order valence-electron chi connectivity index (χ4n) is 2.74. The zero-order valence-electron chi connectivity index (χ0n) is 9.55. The Morgan fingerprint density at radius 1 is 1.20 bits per heavy atom. The van der Waals surface area contributed by atoms with Gasteiger partial charge in [0.15, 0.2) is 0 Å². The second-order valence-electron chi connectivity index (χ2n) is 4.64. The average molecular weight is 202 g/mol. The number of benzene rings is 1. The molecule has 0 amide bonds. The summed E-state index contributed by atoms with van der Waals surface area (Å²) >= 11 is 0. The molecule has 0 heterocycles. The van der Waals surface area contributed by atoms with E-state index in [0.29, 0.717) is 11.7 Å². The molecule has 0 aliphatic heterocycles. The molecule has 0 unspecified atom stereocenters. The van der Waals surface area contributed by atoms with E-state index in [2.05, 4.69) is 32.0 Å². The van der Waals surface area contributed by atoms with Crippen molar-refractivity contribution in [1.29, 1.82) is 0 Å². The lowest BCUT2D eigenvalue weighted by Crippen LogP contribution is -2.15. The first-order chi connectivity index (χ1) is 7.18. The maximum Gasteiger partial charge on any atom is 0.133 e. The van der Waals surface area contributed by atoms with E-state index < -0.39 is 0 Å². The molecular weight excluding hydrogens is 184 g/mol. The topological polar surface area (TPSA) is 17.1 Å². The number of carbonyl (C=O) groups excluding carboxylic acids is 1. The fourth-order valence-corrected chi connectivity index (χ4v) is 2.74. The summed E-state index contributed by atoms with van der Waals surface area (Å²) < 4.78 is 0. The van der Waals surface area contributed by atoms with E-state index in [1.165, 1.54) is 23.1 Å². The second kappa shape index (κ2) is 4.18. The first-order valence-corrected chi connectivity index (χ1v) is 5.76. The quantitative estimate of drug-likeness (QED) is 0.681. The molecule has 0 bridgehead atoms. The molecule has 0 radical (unpaired) electrons. The van der Waals surface area contributed by atoms with Gasteiger partial charge in [-0.3, -0.25) is 4.79 Å².